The molecule has 0 radical (unpaired) electrons. The highest BCUT2D eigenvalue weighted by molar-refractivity contribution is 6.35. The molecule has 1 amide bonds. The Morgan fingerprint density at radius 3 is 2.83 bits per heavy atom. The minimum atomic E-state index is -4.46. The van der Waals surface area contributed by atoms with E-state index in [0.29, 0.717) is 0 Å². The predicted molar refractivity (Wildman–Crippen MR) is 72.4 cm³/mol. The number of hydrogen-bond acceptors (Lipinski definition) is 6. The molecule has 0 unspecified atom stereocenters. The first-order valence-corrected chi connectivity index (χ1v) is 6.41. The molecule has 2 aromatic rings. The lowest BCUT2D eigenvalue weighted by Crippen LogP contribution is -2.18. The van der Waals surface area contributed by atoms with Crippen molar-refractivity contribution in [3.8, 4) is 0 Å². The Balaban J connectivity index is 1.97. The number of alkyl halides is 3. The van der Waals surface area contributed by atoms with Gasteiger partial charge in [-0.15, -0.1) is 5.10 Å². The fourth-order valence-electron chi connectivity index (χ4n) is 1.53. The molecule has 24 heavy (non-hydrogen) atoms. The normalized spacial score (nSPS) is 11.5. The van der Waals surface area contributed by atoms with Crippen LogP contribution in [-0.4, -0.2) is 43.6 Å². The number of carbonyl (C=O) groups is 1. The summed E-state index contributed by atoms with van der Waals surface area (Å²) in [6.45, 7) is -1.93. The molecule has 2 N–H and O–H groups in total. The quantitative estimate of drug-likeness (QED) is 0.592. The molecule has 130 valence electrons. The maximum atomic E-state index is 11.9. The number of aromatic amines is 1. The molecular weight excluding hydrogens is 361 g/mol. The van der Waals surface area contributed by atoms with Crippen LogP contribution in [0.1, 0.15) is 10.5 Å². The molecule has 2 rings (SSSR count). The van der Waals surface area contributed by atoms with Crippen molar-refractivity contribution in [3.05, 3.63) is 33.2 Å². The van der Waals surface area contributed by atoms with E-state index in [-0.39, 0.29) is 5.69 Å². The molecule has 0 saturated carbocycles. The van der Waals surface area contributed by atoms with E-state index in [9.17, 15) is 28.1 Å². The third-order valence-electron chi connectivity index (χ3n) is 2.47. The summed E-state index contributed by atoms with van der Waals surface area (Å²) in [6.07, 6.45) is -2.12. The van der Waals surface area contributed by atoms with Gasteiger partial charge in [0.05, 0.1) is 18.1 Å². The molecule has 0 aliphatic carbocycles. The zero-order chi connectivity index (χ0) is 17.9. The summed E-state index contributed by atoms with van der Waals surface area (Å²) in [4.78, 5) is 21.7. The van der Waals surface area contributed by atoms with E-state index >= 15 is 0 Å². The highest BCUT2D eigenvalue weighted by atomic mass is 35.5. The average Bonchev–Trinajstić information content (AvgIpc) is 3.04. The van der Waals surface area contributed by atoms with Crippen LogP contribution in [0.4, 0.5) is 24.7 Å². The average molecular weight is 369 g/mol. The monoisotopic (exact) mass is 368 g/mol. The number of halogens is 4. The minimum Gasteiger partial charge on any atom is -0.358 e. The Labute approximate surface area is 135 Å². The first-order valence-electron chi connectivity index (χ1n) is 6.04. The second-order valence-corrected chi connectivity index (χ2v) is 4.69. The fraction of sp³-hybridized carbons (Fsp3) is 0.300. The maximum absolute atomic E-state index is 11.9. The van der Waals surface area contributed by atoms with Gasteiger partial charge in [0.2, 0.25) is 0 Å². The number of amides is 1. The summed E-state index contributed by atoms with van der Waals surface area (Å²) in [6, 6.07) is 0. The summed E-state index contributed by atoms with van der Waals surface area (Å²) >= 11 is 5.65. The second kappa shape index (κ2) is 6.84. The van der Waals surface area contributed by atoms with Crippen molar-refractivity contribution in [1.29, 1.82) is 0 Å². The van der Waals surface area contributed by atoms with Crippen molar-refractivity contribution in [2.75, 3.05) is 11.9 Å². The maximum Gasteiger partial charge on any atom is 0.411 e. The molecule has 2 heterocycles. The molecular formula is C10H8ClF3N6O4. The Kier molecular flexibility index (Phi) is 5.04. The standard InChI is InChI=1S/C10H8ClF3N6O4/c11-6-7(17-18-8(6)20(22)23)9(21)16-5-1-15-19(2-5)4-24-3-10(12,13)14/h1-2H,3-4H2,(H,16,21)(H,17,18). The van der Waals surface area contributed by atoms with Crippen molar-refractivity contribution in [2.45, 2.75) is 12.9 Å². The van der Waals surface area contributed by atoms with Gasteiger partial charge in [0.15, 0.2) is 10.7 Å². The van der Waals surface area contributed by atoms with Gasteiger partial charge in [0.1, 0.15) is 13.3 Å². The van der Waals surface area contributed by atoms with Gasteiger partial charge in [0, 0.05) is 0 Å². The molecule has 0 aliphatic heterocycles. The summed E-state index contributed by atoms with van der Waals surface area (Å²) in [7, 11) is 0. The molecule has 10 nitrogen and oxygen atoms in total. The molecule has 0 saturated heterocycles. The lowest BCUT2D eigenvalue weighted by atomic mass is 10.4. The molecule has 0 aliphatic rings. The van der Waals surface area contributed by atoms with Crippen molar-refractivity contribution < 1.29 is 27.6 Å². The van der Waals surface area contributed by atoms with Crippen molar-refractivity contribution in [3.63, 3.8) is 0 Å². The Bertz CT molecular complexity index is 758. The van der Waals surface area contributed by atoms with E-state index < -0.39 is 46.9 Å². The van der Waals surface area contributed by atoms with Crippen molar-refractivity contribution >= 4 is 29.0 Å². The number of nitro groups is 1. The third-order valence-corrected chi connectivity index (χ3v) is 2.83. The molecule has 0 fully saturated rings. The number of rotatable bonds is 6. The summed E-state index contributed by atoms with van der Waals surface area (Å²) in [5.41, 5.74) is -0.304. The van der Waals surface area contributed by atoms with Crippen LogP contribution in [0, 0.1) is 10.1 Å². The van der Waals surface area contributed by atoms with E-state index in [4.69, 9.17) is 11.6 Å². The SMILES string of the molecule is O=C(Nc1cnn(COCC(F)(F)F)c1)c1n[nH]c([N+](=O)[O-])c1Cl. The van der Waals surface area contributed by atoms with Gasteiger partial charge in [-0.1, -0.05) is 16.7 Å². The number of anilines is 1. The fourth-order valence-corrected chi connectivity index (χ4v) is 1.77. The van der Waals surface area contributed by atoms with Crippen LogP contribution in [0.25, 0.3) is 0 Å². The number of carbonyl (C=O) groups excluding carboxylic acids is 1. The van der Waals surface area contributed by atoms with Crippen molar-refractivity contribution in [1.82, 2.24) is 20.0 Å². The topological polar surface area (TPSA) is 128 Å². The van der Waals surface area contributed by atoms with E-state index in [0.717, 1.165) is 10.9 Å². The number of nitrogens with one attached hydrogen (secondary N) is 2. The highest BCUT2D eigenvalue weighted by Crippen LogP contribution is 2.25. The van der Waals surface area contributed by atoms with Crippen LogP contribution in [-0.2, 0) is 11.5 Å². The molecule has 0 spiro atoms. The van der Waals surface area contributed by atoms with E-state index in [1.54, 1.807) is 0 Å². The number of ether oxygens (including phenoxy) is 1. The van der Waals surface area contributed by atoms with Crippen LogP contribution < -0.4 is 5.32 Å². The predicted octanol–water partition coefficient (Wildman–Crippen LogP) is 1.96. The number of nitrogens with zero attached hydrogens (tertiary/aromatic N) is 4. The van der Waals surface area contributed by atoms with Crippen molar-refractivity contribution in [2.24, 2.45) is 0 Å². The van der Waals surface area contributed by atoms with Gasteiger partial charge >= 0.3 is 12.0 Å². The lowest BCUT2D eigenvalue weighted by molar-refractivity contribution is -0.389. The van der Waals surface area contributed by atoms with Crippen LogP contribution >= 0.6 is 11.6 Å². The first-order chi connectivity index (χ1) is 11.2. The van der Waals surface area contributed by atoms with Gasteiger partial charge in [-0.05, 0) is 4.92 Å². The van der Waals surface area contributed by atoms with E-state index in [1.807, 2.05) is 5.10 Å². The molecule has 0 atom stereocenters. The van der Waals surface area contributed by atoms with E-state index in [1.165, 1.54) is 6.20 Å². The zero-order valence-corrected chi connectivity index (χ0v) is 12.3. The van der Waals surface area contributed by atoms with Gasteiger partial charge in [0.25, 0.3) is 5.91 Å². The van der Waals surface area contributed by atoms with Gasteiger partial charge in [-0.25, -0.2) is 4.68 Å². The Morgan fingerprint density at radius 2 is 2.25 bits per heavy atom. The number of hydrogen-bond donors (Lipinski definition) is 2. The molecule has 0 bridgehead atoms. The van der Waals surface area contributed by atoms with Gasteiger partial charge in [-0.2, -0.15) is 18.3 Å². The second-order valence-electron chi connectivity index (χ2n) is 4.31. The summed E-state index contributed by atoms with van der Waals surface area (Å²) < 4.78 is 41.2. The third kappa shape index (κ3) is 4.42. The molecule has 14 heteroatoms. The van der Waals surface area contributed by atoms with Crippen LogP contribution in [0.2, 0.25) is 5.02 Å². The zero-order valence-electron chi connectivity index (χ0n) is 11.5. The Hall–Kier alpha value is -2.67. The van der Waals surface area contributed by atoms with E-state index in [2.05, 4.69) is 20.3 Å². The summed E-state index contributed by atoms with van der Waals surface area (Å²) in [5.74, 6) is -1.50. The summed E-state index contributed by atoms with van der Waals surface area (Å²) in [5, 5.41) is 21.5. The van der Waals surface area contributed by atoms with Crippen LogP contribution in [0.15, 0.2) is 12.4 Å². The Morgan fingerprint density at radius 1 is 1.54 bits per heavy atom. The van der Waals surface area contributed by atoms with Gasteiger partial charge < -0.3 is 20.2 Å². The number of aromatic nitrogens is 4. The first kappa shape index (κ1) is 17.7. The smallest absolute Gasteiger partial charge is 0.358 e. The number of H-pyrrole nitrogens is 1. The van der Waals surface area contributed by atoms with Crippen LogP contribution in [0.5, 0.6) is 0 Å². The molecule has 2 aromatic heterocycles. The van der Waals surface area contributed by atoms with Crippen LogP contribution in [0.3, 0.4) is 0 Å². The minimum absolute atomic E-state index is 0.109. The highest BCUT2D eigenvalue weighted by Gasteiger charge is 2.27. The molecule has 0 aromatic carbocycles. The largest absolute Gasteiger partial charge is 0.411 e. The lowest BCUT2D eigenvalue weighted by Gasteiger charge is -2.07. The van der Waals surface area contributed by atoms with Gasteiger partial charge in [-0.3, -0.25) is 4.79 Å².